The van der Waals surface area contributed by atoms with Gasteiger partial charge in [0.05, 0.1) is 0 Å². The monoisotopic (exact) mass is 199 g/mol. The Hall–Kier alpha value is -1.29. The lowest BCUT2D eigenvalue weighted by atomic mass is 10.5. The highest BCUT2D eigenvalue weighted by molar-refractivity contribution is 5.73. The third-order valence-corrected chi connectivity index (χ3v) is 0.742. The lowest BCUT2D eigenvalue weighted by Gasteiger charge is -1.99. The van der Waals surface area contributed by atoms with E-state index in [1.807, 2.05) is 0 Å². The van der Waals surface area contributed by atoms with E-state index >= 15 is 0 Å². The first-order valence-corrected chi connectivity index (χ1v) is 2.96. The molecule has 0 heterocycles. The minimum atomic E-state index is -4.65. The van der Waals surface area contributed by atoms with Crippen molar-refractivity contribution in [2.75, 3.05) is 6.61 Å². The number of nitrogens with two attached hydrogens (primary N) is 1. The first kappa shape index (κ1) is 11.7. The summed E-state index contributed by atoms with van der Waals surface area (Å²) in [5, 5.41) is 0. The maximum atomic E-state index is 11.8. The van der Waals surface area contributed by atoms with E-state index in [2.05, 4.69) is 10.5 Å². The van der Waals surface area contributed by atoms with Crippen LogP contribution in [0, 0.1) is 11.8 Å². The van der Waals surface area contributed by atoms with Crippen molar-refractivity contribution in [2.24, 2.45) is 5.73 Å². The number of alkyl halides is 4. The second-order valence-corrected chi connectivity index (χ2v) is 1.81. The van der Waals surface area contributed by atoms with Crippen molar-refractivity contribution in [3.8, 4) is 11.8 Å². The van der Waals surface area contributed by atoms with Crippen LogP contribution in [0.3, 0.4) is 0 Å². The quantitative estimate of drug-likeness (QED) is 0.302. The van der Waals surface area contributed by atoms with Gasteiger partial charge in [-0.2, -0.15) is 13.2 Å². The summed E-state index contributed by atoms with van der Waals surface area (Å²) in [6.07, 6.45) is -7.00. The smallest absolute Gasteiger partial charge is 0.449 e. The highest BCUT2D eigenvalue weighted by atomic mass is 19.4. The van der Waals surface area contributed by atoms with Crippen LogP contribution in [0.4, 0.5) is 17.6 Å². The largest absolute Gasteiger partial charge is 0.457 e. The molecule has 7 heteroatoms. The fraction of sp³-hybridized carbons (Fsp3) is 0.500. The zero-order chi connectivity index (χ0) is 10.5. The van der Waals surface area contributed by atoms with Gasteiger partial charge in [0.25, 0.3) is 0 Å². The SMILES string of the molecule is NC(F)C(=O)OCC#CC(F)(F)F. The third kappa shape index (κ3) is 7.08. The summed E-state index contributed by atoms with van der Waals surface area (Å²) in [4.78, 5) is 10.2. The Bertz CT molecular complexity index is 237. The van der Waals surface area contributed by atoms with Crippen molar-refractivity contribution >= 4 is 5.97 Å². The molecule has 0 amide bonds. The van der Waals surface area contributed by atoms with E-state index in [9.17, 15) is 22.4 Å². The fourth-order valence-corrected chi connectivity index (χ4v) is 0.323. The molecule has 0 rings (SSSR count). The lowest BCUT2D eigenvalue weighted by Crippen LogP contribution is -2.27. The number of ether oxygens (including phenoxy) is 1. The van der Waals surface area contributed by atoms with Gasteiger partial charge in [0.2, 0.25) is 6.30 Å². The van der Waals surface area contributed by atoms with E-state index in [0.29, 0.717) is 0 Å². The zero-order valence-corrected chi connectivity index (χ0v) is 6.19. The Morgan fingerprint density at radius 3 is 2.46 bits per heavy atom. The van der Waals surface area contributed by atoms with E-state index in [0.717, 1.165) is 5.92 Å². The summed E-state index contributed by atoms with van der Waals surface area (Å²) in [7, 11) is 0. The normalized spacial score (nSPS) is 12.7. The molecule has 0 aliphatic rings. The number of carbonyl (C=O) groups is 1. The molecule has 0 aromatic heterocycles. The number of carbonyl (C=O) groups excluding carboxylic acids is 1. The minimum absolute atomic E-state index is 0.826. The molecule has 0 bridgehead atoms. The summed E-state index contributed by atoms with van der Waals surface area (Å²) >= 11 is 0. The Balaban J connectivity index is 3.79. The Labute approximate surface area is 70.8 Å². The number of hydrogen-bond donors (Lipinski definition) is 1. The molecule has 0 aromatic carbocycles. The van der Waals surface area contributed by atoms with Gasteiger partial charge < -0.3 is 4.74 Å². The van der Waals surface area contributed by atoms with Gasteiger partial charge >= 0.3 is 12.1 Å². The van der Waals surface area contributed by atoms with Gasteiger partial charge in [-0.1, -0.05) is 5.92 Å². The number of esters is 1. The van der Waals surface area contributed by atoms with Gasteiger partial charge in [0.15, 0.2) is 6.61 Å². The third-order valence-electron chi connectivity index (χ3n) is 0.742. The van der Waals surface area contributed by atoms with Crippen molar-refractivity contribution in [2.45, 2.75) is 12.5 Å². The molecular weight excluding hydrogens is 194 g/mol. The van der Waals surface area contributed by atoms with Crippen LogP contribution in [-0.2, 0) is 9.53 Å². The zero-order valence-electron chi connectivity index (χ0n) is 6.19. The van der Waals surface area contributed by atoms with Crippen LogP contribution in [0.1, 0.15) is 0 Å². The highest BCUT2D eigenvalue weighted by Gasteiger charge is 2.22. The van der Waals surface area contributed by atoms with Crippen LogP contribution in [0.25, 0.3) is 0 Å². The molecule has 3 nitrogen and oxygen atoms in total. The van der Waals surface area contributed by atoms with Crippen molar-refractivity contribution < 1.29 is 27.1 Å². The maximum Gasteiger partial charge on any atom is 0.457 e. The molecule has 74 valence electrons. The van der Waals surface area contributed by atoms with E-state index in [1.54, 1.807) is 0 Å². The average molecular weight is 199 g/mol. The molecular formula is C6H5F4NO2. The van der Waals surface area contributed by atoms with Crippen LogP contribution >= 0.6 is 0 Å². The van der Waals surface area contributed by atoms with Gasteiger partial charge in [-0.25, -0.2) is 9.18 Å². The fourth-order valence-electron chi connectivity index (χ4n) is 0.323. The molecule has 1 atom stereocenters. The molecule has 0 aliphatic carbocycles. The average Bonchev–Trinajstić information content (AvgIpc) is 1.95. The van der Waals surface area contributed by atoms with Crippen LogP contribution in [0.15, 0.2) is 0 Å². The second-order valence-electron chi connectivity index (χ2n) is 1.81. The Kier molecular flexibility index (Phi) is 4.20. The molecule has 0 spiro atoms. The predicted molar refractivity (Wildman–Crippen MR) is 33.9 cm³/mol. The van der Waals surface area contributed by atoms with Crippen molar-refractivity contribution in [1.29, 1.82) is 0 Å². The van der Waals surface area contributed by atoms with Gasteiger partial charge in [0, 0.05) is 5.92 Å². The van der Waals surface area contributed by atoms with E-state index < -0.39 is 25.0 Å². The van der Waals surface area contributed by atoms with Crippen LogP contribution in [-0.4, -0.2) is 25.0 Å². The number of rotatable bonds is 2. The minimum Gasteiger partial charge on any atom is -0.449 e. The van der Waals surface area contributed by atoms with Crippen molar-refractivity contribution in [3.63, 3.8) is 0 Å². The molecule has 0 aromatic rings. The Morgan fingerprint density at radius 2 is 2.08 bits per heavy atom. The van der Waals surface area contributed by atoms with E-state index in [1.165, 1.54) is 5.92 Å². The molecule has 0 aliphatic heterocycles. The topological polar surface area (TPSA) is 52.3 Å². The first-order valence-electron chi connectivity index (χ1n) is 2.96. The highest BCUT2D eigenvalue weighted by Crippen LogP contribution is 2.11. The Morgan fingerprint density at radius 1 is 1.54 bits per heavy atom. The molecule has 0 saturated carbocycles. The van der Waals surface area contributed by atoms with Crippen molar-refractivity contribution in [1.82, 2.24) is 0 Å². The summed E-state index contributed by atoms with van der Waals surface area (Å²) < 4.78 is 49.7. The van der Waals surface area contributed by atoms with Crippen LogP contribution < -0.4 is 5.73 Å². The second kappa shape index (κ2) is 4.67. The maximum absolute atomic E-state index is 11.8. The summed E-state index contributed by atoms with van der Waals surface area (Å²) in [5.41, 5.74) is 4.39. The van der Waals surface area contributed by atoms with Gasteiger partial charge in [0.1, 0.15) is 0 Å². The number of halogens is 4. The standard InChI is InChI=1S/C6H5F4NO2/c7-4(11)5(12)13-3-1-2-6(8,9)10/h4H,3,11H2. The summed E-state index contributed by atoms with van der Waals surface area (Å²) in [6, 6.07) is 0. The van der Waals surface area contributed by atoms with Gasteiger partial charge in [-0.05, 0) is 0 Å². The predicted octanol–water partition coefficient (Wildman–Crippen LogP) is 0.350. The van der Waals surface area contributed by atoms with Crippen LogP contribution in [0.5, 0.6) is 0 Å². The molecule has 0 fully saturated rings. The lowest BCUT2D eigenvalue weighted by molar-refractivity contribution is -0.147. The molecule has 13 heavy (non-hydrogen) atoms. The first-order chi connectivity index (χ1) is 5.83. The number of hydrogen-bond acceptors (Lipinski definition) is 3. The molecule has 1 unspecified atom stereocenters. The summed E-state index contributed by atoms with van der Waals surface area (Å²) in [6.45, 7) is -0.837. The summed E-state index contributed by atoms with van der Waals surface area (Å²) in [5.74, 6) is 0.849. The van der Waals surface area contributed by atoms with E-state index in [4.69, 9.17) is 0 Å². The van der Waals surface area contributed by atoms with Gasteiger partial charge in [-0.3, -0.25) is 5.73 Å². The molecule has 0 saturated heterocycles. The van der Waals surface area contributed by atoms with E-state index in [-0.39, 0.29) is 0 Å². The van der Waals surface area contributed by atoms with Crippen LogP contribution in [0.2, 0.25) is 0 Å². The molecule has 0 radical (unpaired) electrons. The van der Waals surface area contributed by atoms with Gasteiger partial charge in [-0.15, -0.1) is 0 Å². The van der Waals surface area contributed by atoms with Crippen molar-refractivity contribution in [3.05, 3.63) is 0 Å². The molecule has 2 N–H and O–H groups in total.